The van der Waals surface area contributed by atoms with Gasteiger partial charge < -0.3 is 19.5 Å². The fraction of sp³-hybridized carbons (Fsp3) is 0.556. The molecule has 1 N–H and O–H groups in total. The lowest BCUT2D eigenvalue weighted by molar-refractivity contribution is -0.121. The molecule has 0 radical (unpaired) electrons. The zero-order valence-corrected chi connectivity index (χ0v) is 22.7. The van der Waals surface area contributed by atoms with E-state index < -0.39 is 6.23 Å². The van der Waals surface area contributed by atoms with Gasteiger partial charge in [0.05, 0.1) is 19.0 Å². The number of nitrogens with one attached hydrogen (secondary N) is 1. The first-order chi connectivity index (χ1) is 17.7. The van der Waals surface area contributed by atoms with Gasteiger partial charge in [0.15, 0.2) is 23.2 Å². The van der Waals surface area contributed by atoms with E-state index in [1.54, 1.807) is 25.6 Å². The average molecular weight is 511 g/mol. The van der Waals surface area contributed by atoms with Crippen LogP contribution >= 0.6 is 0 Å². The first-order valence-corrected chi connectivity index (χ1v) is 12.8. The van der Waals surface area contributed by atoms with Crippen molar-refractivity contribution in [3.8, 4) is 0 Å². The van der Waals surface area contributed by atoms with Gasteiger partial charge in [-0.25, -0.2) is 15.0 Å². The highest BCUT2D eigenvalue weighted by Crippen LogP contribution is 2.37. The molecule has 200 valence electrons. The zero-order chi connectivity index (χ0) is 26.7. The third kappa shape index (κ3) is 5.67. The smallest absolute Gasteiger partial charge is 0.256 e. The Hall–Kier alpha value is -2.92. The molecule has 1 aromatic carbocycles. The fourth-order valence-corrected chi connectivity index (χ4v) is 5.25. The summed E-state index contributed by atoms with van der Waals surface area (Å²) in [5, 5.41) is 2.85. The van der Waals surface area contributed by atoms with Gasteiger partial charge in [0.2, 0.25) is 0 Å². The van der Waals surface area contributed by atoms with Crippen LogP contribution in [-0.4, -0.2) is 74.6 Å². The summed E-state index contributed by atoms with van der Waals surface area (Å²) in [4.78, 5) is 28.2. The molecule has 0 bridgehead atoms. The Morgan fingerprint density at radius 2 is 1.81 bits per heavy atom. The maximum absolute atomic E-state index is 12.7. The molecule has 1 aliphatic rings. The number of amides is 1. The van der Waals surface area contributed by atoms with E-state index in [0.717, 1.165) is 0 Å². The third-order valence-corrected chi connectivity index (χ3v) is 6.99. The van der Waals surface area contributed by atoms with E-state index in [1.165, 1.54) is 6.33 Å². The molecular weight excluding hydrogens is 472 g/mol. The van der Waals surface area contributed by atoms with Crippen molar-refractivity contribution >= 4 is 22.9 Å². The van der Waals surface area contributed by atoms with Crippen LogP contribution in [0.25, 0.3) is 11.2 Å². The molecule has 10 heteroatoms. The van der Waals surface area contributed by atoms with Gasteiger partial charge in [0.1, 0.15) is 18.7 Å². The molecule has 1 fully saturated rings. The van der Waals surface area contributed by atoms with Gasteiger partial charge in [-0.05, 0) is 46.8 Å². The summed E-state index contributed by atoms with van der Waals surface area (Å²) >= 11 is 0. The lowest BCUT2D eigenvalue weighted by Crippen LogP contribution is -2.46. The minimum absolute atomic E-state index is 0.0477. The highest BCUT2D eigenvalue weighted by Gasteiger charge is 2.44. The van der Waals surface area contributed by atoms with E-state index >= 15 is 0 Å². The number of fused-ring (bicyclic) bond motifs is 1. The molecule has 5 atom stereocenters. The molecule has 3 heterocycles. The molecule has 2 unspecified atom stereocenters. The molecule has 0 aliphatic carbocycles. The number of carbonyl (C=O) groups excluding carboxylic acids is 1. The van der Waals surface area contributed by atoms with E-state index in [-0.39, 0.29) is 30.3 Å². The van der Waals surface area contributed by atoms with E-state index in [9.17, 15) is 4.79 Å². The van der Waals surface area contributed by atoms with Crippen molar-refractivity contribution in [1.82, 2.24) is 24.4 Å². The second kappa shape index (κ2) is 11.6. The van der Waals surface area contributed by atoms with Gasteiger partial charge in [-0.1, -0.05) is 25.1 Å². The van der Waals surface area contributed by atoms with Gasteiger partial charge in [0, 0.05) is 30.7 Å². The largest absolute Gasteiger partial charge is 0.376 e. The minimum atomic E-state index is -0.451. The molecule has 1 amide bonds. The molecule has 2 aromatic heterocycles. The minimum Gasteiger partial charge on any atom is -0.376 e. The Balaban J connectivity index is 1.52. The third-order valence-electron chi connectivity index (χ3n) is 6.99. The number of rotatable bonds is 10. The van der Waals surface area contributed by atoms with Gasteiger partial charge >= 0.3 is 0 Å². The Labute approximate surface area is 218 Å². The van der Waals surface area contributed by atoms with Gasteiger partial charge in [-0.15, -0.1) is 0 Å². The topological polar surface area (TPSA) is 104 Å². The standard InChI is InChI=1S/C27H38N6O4/c1-16(2)33(17(3)4)19(6)36-13-21-18(5)23(35-7)27(37-21)32-15-30-22-24(28-14-29-25(22)32)31-26(34)20-11-9-8-10-12-20/h8-12,14-19,21,23,27H,13H2,1-7H3,(H,28,29,31,34)/t18-,19?,21+,23?,27+/m0/s1. The number of hydrogen-bond acceptors (Lipinski definition) is 8. The number of ether oxygens (including phenoxy) is 3. The molecule has 1 saturated heterocycles. The maximum Gasteiger partial charge on any atom is 0.256 e. The Morgan fingerprint density at radius 3 is 2.46 bits per heavy atom. The Morgan fingerprint density at radius 1 is 1.11 bits per heavy atom. The van der Waals surface area contributed by atoms with Crippen LogP contribution in [-0.2, 0) is 14.2 Å². The molecule has 1 aliphatic heterocycles. The van der Waals surface area contributed by atoms with Crippen molar-refractivity contribution in [2.24, 2.45) is 5.92 Å². The van der Waals surface area contributed by atoms with Crippen molar-refractivity contribution in [2.45, 2.75) is 78.3 Å². The highest BCUT2D eigenvalue weighted by atomic mass is 16.6. The number of methoxy groups -OCH3 is 1. The van der Waals surface area contributed by atoms with E-state index in [0.29, 0.717) is 41.2 Å². The van der Waals surface area contributed by atoms with Crippen LogP contribution in [0.4, 0.5) is 5.82 Å². The van der Waals surface area contributed by atoms with Crippen LogP contribution in [0, 0.1) is 5.92 Å². The maximum atomic E-state index is 12.7. The summed E-state index contributed by atoms with van der Waals surface area (Å²) in [6.45, 7) is 13.3. The summed E-state index contributed by atoms with van der Waals surface area (Å²) in [6, 6.07) is 9.70. The number of anilines is 1. The number of nitrogens with zero attached hydrogens (tertiary/aromatic N) is 5. The van der Waals surface area contributed by atoms with E-state index in [1.807, 2.05) is 22.8 Å². The number of benzene rings is 1. The Bertz CT molecular complexity index is 1180. The van der Waals surface area contributed by atoms with E-state index in [4.69, 9.17) is 14.2 Å². The van der Waals surface area contributed by atoms with Crippen LogP contribution in [0.1, 0.15) is 58.1 Å². The van der Waals surface area contributed by atoms with Crippen molar-refractivity contribution in [3.63, 3.8) is 0 Å². The lowest BCUT2D eigenvalue weighted by atomic mass is 10.0. The monoisotopic (exact) mass is 510 g/mol. The number of hydrogen-bond donors (Lipinski definition) is 1. The van der Waals surface area contributed by atoms with Gasteiger partial charge in [-0.2, -0.15) is 0 Å². The molecule has 4 rings (SSSR count). The summed E-state index contributed by atoms with van der Waals surface area (Å²) in [7, 11) is 1.68. The van der Waals surface area contributed by atoms with Gasteiger partial charge in [-0.3, -0.25) is 14.3 Å². The van der Waals surface area contributed by atoms with Crippen molar-refractivity contribution in [2.75, 3.05) is 19.0 Å². The second-order valence-corrected chi connectivity index (χ2v) is 10.1. The molecular formula is C27H38N6O4. The number of aromatic nitrogens is 4. The summed E-state index contributed by atoms with van der Waals surface area (Å²) in [5.74, 6) is 0.151. The number of carbonyl (C=O) groups is 1. The van der Waals surface area contributed by atoms with Crippen LogP contribution < -0.4 is 5.32 Å². The van der Waals surface area contributed by atoms with Crippen LogP contribution in [0.15, 0.2) is 43.0 Å². The summed E-state index contributed by atoms with van der Waals surface area (Å²) in [6.07, 6.45) is 2.17. The van der Waals surface area contributed by atoms with Crippen molar-refractivity contribution in [1.29, 1.82) is 0 Å². The van der Waals surface area contributed by atoms with Crippen LogP contribution in [0.2, 0.25) is 0 Å². The molecule has 37 heavy (non-hydrogen) atoms. The number of imidazole rings is 1. The predicted molar refractivity (Wildman–Crippen MR) is 141 cm³/mol. The normalized spacial score (nSPS) is 22.9. The highest BCUT2D eigenvalue weighted by molar-refractivity contribution is 6.06. The second-order valence-electron chi connectivity index (χ2n) is 10.1. The van der Waals surface area contributed by atoms with Crippen molar-refractivity contribution < 1.29 is 19.0 Å². The SMILES string of the molecule is COC1[C@@H](C)[C@@H](COC(C)N(C(C)C)C(C)C)O[C@H]1n1cnc2c(NC(=O)c3ccccc3)ncnc21. The first-order valence-electron chi connectivity index (χ1n) is 12.8. The molecule has 0 spiro atoms. The Kier molecular flexibility index (Phi) is 8.53. The van der Waals surface area contributed by atoms with Crippen LogP contribution in [0.3, 0.4) is 0 Å². The van der Waals surface area contributed by atoms with Crippen LogP contribution in [0.5, 0.6) is 0 Å². The average Bonchev–Trinajstić information content (AvgIpc) is 3.43. The van der Waals surface area contributed by atoms with Crippen molar-refractivity contribution in [3.05, 3.63) is 48.5 Å². The zero-order valence-electron chi connectivity index (χ0n) is 22.7. The molecule has 3 aromatic rings. The summed E-state index contributed by atoms with van der Waals surface area (Å²) in [5.41, 5.74) is 1.57. The lowest BCUT2D eigenvalue weighted by Gasteiger charge is -2.36. The van der Waals surface area contributed by atoms with E-state index in [2.05, 4.69) is 66.7 Å². The molecule has 10 nitrogen and oxygen atoms in total. The predicted octanol–water partition coefficient (Wildman–Crippen LogP) is 4.11. The fourth-order valence-electron chi connectivity index (χ4n) is 5.25. The quantitative estimate of drug-likeness (QED) is 0.407. The van der Waals surface area contributed by atoms with Gasteiger partial charge in [0.25, 0.3) is 5.91 Å². The first kappa shape index (κ1) is 27.1. The summed E-state index contributed by atoms with van der Waals surface area (Å²) < 4.78 is 20.5. The molecule has 0 saturated carbocycles.